The Labute approximate surface area is 134 Å². The molecule has 0 aliphatic heterocycles. The second-order valence-corrected chi connectivity index (χ2v) is 6.88. The molecule has 1 N–H and O–H groups in total. The van der Waals surface area contributed by atoms with Crippen molar-refractivity contribution < 1.29 is 5.11 Å². The van der Waals surface area contributed by atoms with Gasteiger partial charge in [-0.25, -0.2) is 0 Å². The second kappa shape index (κ2) is 16.3. The van der Waals surface area contributed by atoms with E-state index in [4.69, 9.17) is 0 Å². The zero-order valence-corrected chi connectivity index (χ0v) is 15.2. The number of unbranched alkanes of at least 4 members (excludes halogenated alkanes) is 9. The maximum atomic E-state index is 10.4. The van der Waals surface area contributed by atoms with Gasteiger partial charge in [-0.3, -0.25) is 0 Å². The third kappa shape index (κ3) is 13.4. The third-order valence-corrected chi connectivity index (χ3v) is 4.74. The van der Waals surface area contributed by atoms with Crippen molar-refractivity contribution in [2.24, 2.45) is 5.92 Å². The van der Waals surface area contributed by atoms with Crippen LogP contribution in [0.15, 0.2) is 0 Å². The molecule has 0 saturated carbocycles. The fraction of sp³-hybridized carbons (Fsp3) is 1.00. The van der Waals surface area contributed by atoms with Crippen LogP contribution in [0.2, 0.25) is 0 Å². The fourth-order valence-corrected chi connectivity index (χ4v) is 3.27. The van der Waals surface area contributed by atoms with E-state index in [0.717, 1.165) is 6.42 Å². The second-order valence-electron chi connectivity index (χ2n) is 6.88. The van der Waals surface area contributed by atoms with E-state index < -0.39 is 0 Å². The van der Waals surface area contributed by atoms with Gasteiger partial charge in [0.1, 0.15) is 0 Å². The Balaban J connectivity index is 3.50. The first-order valence-corrected chi connectivity index (χ1v) is 9.94. The highest BCUT2D eigenvalue weighted by atomic mass is 16.3. The van der Waals surface area contributed by atoms with E-state index in [2.05, 4.69) is 20.8 Å². The zero-order chi connectivity index (χ0) is 15.8. The smallest absolute Gasteiger partial charge is 0.0568 e. The largest absolute Gasteiger partial charge is 0.393 e. The molecule has 1 heteroatoms. The molecule has 0 spiro atoms. The van der Waals surface area contributed by atoms with Gasteiger partial charge in [-0.05, 0) is 25.2 Å². The minimum atomic E-state index is -0.0407. The van der Waals surface area contributed by atoms with Crippen molar-refractivity contribution in [2.45, 2.75) is 123 Å². The van der Waals surface area contributed by atoms with Crippen LogP contribution < -0.4 is 0 Å². The Bertz CT molecular complexity index is 190. The van der Waals surface area contributed by atoms with Gasteiger partial charge in [0.15, 0.2) is 0 Å². The van der Waals surface area contributed by atoms with Gasteiger partial charge in [-0.15, -0.1) is 0 Å². The Morgan fingerprint density at radius 1 is 0.524 bits per heavy atom. The summed E-state index contributed by atoms with van der Waals surface area (Å²) < 4.78 is 0. The third-order valence-electron chi connectivity index (χ3n) is 4.74. The molecular weight excluding hydrogens is 256 g/mol. The number of hydrogen-bond acceptors (Lipinski definition) is 1. The van der Waals surface area contributed by atoms with E-state index in [1.807, 2.05) is 0 Å². The van der Waals surface area contributed by atoms with Gasteiger partial charge >= 0.3 is 0 Å². The summed E-state index contributed by atoms with van der Waals surface area (Å²) >= 11 is 0. The van der Waals surface area contributed by atoms with Crippen molar-refractivity contribution in [3.8, 4) is 0 Å². The first-order valence-electron chi connectivity index (χ1n) is 9.94. The summed E-state index contributed by atoms with van der Waals surface area (Å²) in [6, 6.07) is 0. The van der Waals surface area contributed by atoms with Gasteiger partial charge in [-0.1, -0.05) is 97.8 Å². The zero-order valence-electron chi connectivity index (χ0n) is 15.2. The van der Waals surface area contributed by atoms with Crippen molar-refractivity contribution in [1.29, 1.82) is 0 Å². The molecule has 0 radical (unpaired) electrons. The molecule has 0 aliphatic carbocycles. The average Bonchev–Trinajstić information content (AvgIpc) is 2.49. The summed E-state index contributed by atoms with van der Waals surface area (Å²) in [7, 11) is 0. The molecule has 0 amide bonds. The molecule has 0 aromatic carbocycles. The number of rotatable bonds is 16. The summed E-state index contributed by atoms with van der Waals surface area (Å²) in [6.45, 7) is 6.76. The lowest BCUT2D eigenvalue weighted by Crippen LogP contribution is -2.20. The number of aliphatic hydroxyl groups excluding tert-OH is 1. The molecule has 0 aromatic heterocycles. The van der Waals surface area contributed by atoms with Gasteiger partial charge < -0.3 is 5.11 Å². The molecule has 0 rings (SSSR count). The minimum absolute atomic E-state index is 0.0407. The van der Waals surface area contributed by atoms with E-state index >= 15 is 0 Å². The highest BCUT2D eigenvalue weighted by molar-refractivity contribution is 4.69. The maximum Gasteiger partial charge on any atom is 0.0568 e. The maximum absolute atomic E-state index is 10.4. The number of hydrogen-bond donors (Lipinski definition) is 1. The first-order chi connectivity index (χ1) is 10.3. The molecule has 0 bridgehead atoms. The van der Waals surface area contributed by atoms with Gasteiger partial charge in [0.2, 0.25) is 0 Å². The lowest BCUT2D eigenvalue weighted by molar-refractivity contribution is 0.0844. The fourth-order valence-electron chi connectivity index (χ4n) is 3.27. The molecular formula is C20H42O. The lowest BCUT2D eigenvalue weighted by atomic mass is 9.88. The number of aliphatic hydroxyl groups is 1. The van der Waals surface area contributed by atoms with Crippen molar-refractivity contribution >= 4 is 0 Å². The molecule has 0 saturated heterocycles. The predicted octanol–water partition coefficient (Wildman–Crippen LogP) is 6.87. The Morgan fingerprint density at radius 2 is 1.05 bits per heavy atom. The molecule has 0 heterocycles. The molecule has 0 aliphatic rings. The molecule has 128 valence electrons. The van der Waals surface area contributed by atoms with Gasteiger partial charge in [0.05, 0.1) is 6.10 Å². The summed E-state index contributed by atoms with van der Waals surface area (Å²) in [5.74, 6) is 0.559. The van der Waals surface area contributed by atoms with E-state index in [0.29, 0.717) is 5.92 Å². The molecule has 2 atom stereocenters. The predicted molar refractivity (Wildman–Crippen MR) is 95.8 cm³/mol. The van der Waals surface area contributed by atoms with Crippen molar-refractivity contribution in [3.05, 3.63) is 0 Å². The van der Waals surface area contributed by atoms with Crippen LogP contribution in [0.25, 0.3) is 0 Å². The van der Waals surface area contributed by atoms with Crippen LogP contribution in [0.1, 0.15) is 117 Å². The SMILES string of the molecule is CCCCCCCCCCCC(O)C(CCC)CCCC. The van der Waals surface area contributed by atoms with E-state index in [-0.39, 0.29) is 6.10 Å². The first kappa shape index (κ1) is 21.0. The van der Waals surface area contributed by atoms with Crippen LogP contribution in [0.5, 0.6) is 0 Å². The van der Waals surface area contributed by atoms with Gasteiger partial charge in [0, 0.05) is 0 Å². The van der Waals surface area contributed by atoms with Crippen molar-refractivity contribution in [3.63, 3.8) is 0 Å². The van der Waals surface area contributed by atoms with Crippen LogP contribution in [0.4, 0.5) is 0 Å². The van der Waals surface area contributed by atoms with Crippen LogP contribution in [-0.2, 0) is 0 Å². The quantitative estimate of drug-likeness (QED) is 0.308. The topological polar surface area (TPSA) is 20.2 Å². The van der Waals surface area contributed by atoms with Crippen LogP contribution in [-0.4, -0.2) is 11.2 Å². The molecule has 0 fully saturated rings. The van der Waals surface area contributed by atoms with E-state index in [9.17, 15) is 5.11 Å². The Morgan fingerprint density at radius 3 is 1.57 bits per heavy atom. The average molecular weight is 299 g/mol. The van der Waals surface area contributed by atoms with Crippen LogP contribution in [0.3, 0.4) is 0 Å². The van der Waals surface area contributed by atoms with E-state index in [1.54, 1.807) is 0 Å². The van der Waals surface area contributed by atoms with Gasteiger partial charge in [0.25, 0.3) is 0 Å². The van der Waals surface area contributed by atoms with Crippen molar-refractivity contribution in [1.82, 2.24) is 0 Å². The van der Waals surface area contributed by atoms with Crippen molar-refractivity contribution in [2.75, 3.05) is 0 Å². The molecule has 21 heavy (non-hydrogen) atoms. The summed E-state index contributed by atoms with van der Waals surface area (Å²) in [6.07, 6.45) is 19.5. The van der Waals surface area contributed by atoms with Gasteiger partial charge in [-0.2, -0.15) is 0 Å². The summed E-state index contributed by atoms with van der Waals surface area (Å²) in [5, 5.41) is 10.4. The Hall–Kier alpha value is -0.0400. The molecule has 1 nitrogen and oxygen atoms in total. The standard InChI is InChI=1S/C20H42O/c1-4-7-9-10-11-12-13-14-15-18-20(21)19(16-6-3)17-8-5-2/h19-21H,4-18H2,1-3H3. The van der Waals surface area contributed by atoms with Crippen LogP contribution in [0, 0.1) is 5.92 Å². The monoisotopic (exact) mass is 298 g/mol. The molecule has 2 unspecified atom stereocenters. The minimum Gasteiger partial charge on any atom is -0.393 e. The lowest BCUT2D eigenvalue weighted by Gasteiger charge is -2.22. The summed E-state index contributed by atoms with van der Waals surface area (Å²) in [5.41, 5.74) is 0. The highest BCUT2D eigenvalue weighted by Crippen LogP contribution is 2.23. The molecule has 0 aromatic rings. The highest BCUT2D eigenvalue weighted by Gasteiger charge is 2.17. The van der Waals surface area contributed by atoms with E-state index in [1.165, 1.54) is 89.9 Å². The summed E-state index contributed by atoms with van der Waals surface area (Å²) in [4.78, 5) is 0. The normalized spacial score (nSPS) is 14.3. The Kier molecular flexibility index (Phi) is 16.3. The van der Waals surface area contributed by atoms with Crippen LogP contribution >= 0.6 is 0 Å².